The van der Waals surface area contributed by atoms with Crippen molar-refractivity contribution in [2.75, 3.05) is 31.1 Å². The average molecular weight is 254 g/mol. The highest BCUT2D eigenvalue weighted by Crippen LogP contribution is 2.23. The van der Waals surface area contributed by atoms with Crippen molar-refractivity contribution in [2.45, 2.75) is 32.2 Å². The van der Waals surface area contributed by atoms with Gasteiger partial charge in [0.1, 0.15) is 17.2 Å². The lowest BCUT2D eigenvalue weighted by atomic mass is 10.2. The van der Waals surface area contributed by atoms with E-state index in [1.54, 1.807) is 18.1 Å². The molecule has 0 aliphatic heterocycles. The maximum absolute atomic E-state index is 5.84. The van der Waals surface area contributed by atoms with Gasteiger partial charge in [0.25, 0.3) is 0 Å². The van der Waals surface area contributed by atoms with Crippen molar-refractivity contribution in [1.82, 2.24) is 14.9 Å². The number of thioether (sulfide) groups is 1. The summed E-state index contributed by atoms with van der Waals surface area (Å²) in [6, 6.07) is 0. The Balaban J connectivity index is 2.54. The van der Waals surface area contributed by atoms with E-state index < -0.39 is 0 Å². The third-order valence-electron chi connectivity index (χ3n) is 2.83. The first kappa shape index (κ1) is 14.3. The van der Waals surface area contributed by atoms with Crippen LogP contribution in [0.15, 0.2) is 11.4 Å². The van der Waals surface area contributed by atoms with Crippen molar-refractivity contribution < 1.29 is 0 Å². The van der Waals surface area contributed by atoms with Crippen molar-refractivity contribution in [3.63, 3.8) is 0 Å². The third kappa shape index (κ3) is 4.16. The number of hydrogen-bond acceptors (Lipinski definition) is 5. The zero-order valence-electron chi connectivity index (χ0n) is 10.9. The SMILES string of the molecule is CCc1c(N)ncnc1SCCN(CC)CC. The van der Waals surface area contributed by atoms with E-state index in [0.717, 1.165) is 42.4 Å². The summed E-state index contributed by atoms with van der Waals surface area (Å²) in [5, 5.41) is 1.03. The van der Waals surface area contributed by atoms with E-state index in [0.29, 0.717) is 5.82 Å². The number of nitrogens with two attached hydrogens (primary N) is 1. The Labute approximate surface area is 108 Å². The summed E-state index contributed by atoms with van der Waals surface area (Å²) in [6.07, 6.45) is 2.44. The molecular weight excluding hydrogens is 232 g/mol. The second kappa shape index (κ2) is 7.50. The second-order valence-electron chi connectivity index (χ2n) is 3.77. The summed E-state index contributed by atoms with van der Waals surface area (Å²) in [5.41, 5.74) is 6.92. The van der Waals surface area contributed by atoms with Crippen LogP contribution in [0.4, 0.5) is 5.82 Å². The summed E-state index contributed by atoms with van der Waals surface area (Å²) in [7, 11) is 0. The largest absolute Gasteiger partial charge is 0.383 e. The summed E-state index contributed by atoms with van der Waals surface area (Å²) >= 11 is 1.77. The predicted octanol–water partition coefficient (Wildman–Crippen LogP) is 2.06. The van der Waals surface area contributed by atoms with Crippen LogP contribution in [-0.2, 0) is 6.42 Å². The monoisotopic (exact) mass is 254 g/mol. The molecule has 17 heavy (non-hydrogen) atoms. The van der Waals surface area contributed by atoms with E-state index in [2.05, 4.69) is 35.6 Å². The van der Waals surface area contributed by atoms with Gasteiger partial charge in [-0.05, 0) is 19.5 Å². The van der Waals surface area contributed by atoms with Gasteiger partial charge in [-0.2, -0.15) is 0 Å². The molecule has 5 heteroatoms. The maximum Gasteiger partial charge on any atom is 0.131 e. The van der Waals surface area contributed by atoms with E-state index >= 15 is 0 Å². The third-order valence-corrected chi connectivity index (χ3v) is 3.85. The van der Waals surface area contributed by atoms with Crippen molar-refractivity contribution in [1.29, 1.82) is 0 Å². The van der Waals surface area contributed by atoms with Gasteiger partial charge in [-0.15, -0.1) is 11.8 Å². The Morgan fingerprint density at radius 3 is 2.53 bits per heavy atom. The molecule has 96 valence electrons. The van der Waals surface area contributed by atoms with Gasteiger partial charge in [0.2, 0.25) is 0 Å². The summed E-state index contributed by atoms with van der Waals surface area (Å²) < 4.78 is 0. The lowest BCUT2D eigenvalue weighted by Crippen LogP contribution is -2.25. The lowest BCUT2D eigenvalue weighted by molar-refractivity contribution is 0.324. The summed E-state index contributed by atoms with van der Waals surface area (Å²) in [4.78, 5) is 10.7. The van der Waals surface area contributed by atoms with Gasteiger partial charge in [0.05, 0.1) is 0 Å². The lowest BCUT2D eigenvalue weighted by Gasteiger charge is -2.17. The van der Waals surface area contributed by atoms with Crippen LogP contribution in [0.2, 0.25) is 0 Å². The van der Waals surface area contributed by atoms with Crippen LogP contribution in [0, 0.1) is 0 Å². The minimum Gasteiger partial charge on any atom is -0.383 e. The molecule has 0 aliphatic rings. The standard InChI is InChI=1S/C12H22N4S/c1-4-10-11(13)14-9-15-12(10)17-8-7-16(5-2)6-3/h9H,4-8H2,1-3H3,(H2,13,14,15). The molecule has 0 unspecified atom stereocenters. The number of hydrogen-bond donors (Lipinski definition) is 1. The van der Waals surface area contributed by atoms with E-state index in [1.165, 1.54) is 0 Å². The number of aromatic nitrogens is 2. The fourth-order valence-corrected chi connectivity index (χ4v) is 2.76. The quantitative estimate of drug-likeness (QED) is 0.596. The number of rotatable bonds is 7. The van der Waals surface area contributed by atoms with Gasteiger partial charge in [0, 0.05) is 17.9 Å². The Bertz CT molecular complexity index is 339. The van der Waals surface area contributed by atoms with Crippen LogP contribution < -0.4 is 5.73 Å². The van der Waals surface area contributed by atoms with Crippen molar-refractivity contribution >= 4 is 17.6 Å². The smallest absolute Gasteiger partial charge is 0.131 e. The zero-order valence-corrected chi connectivity index (χ0v) is 11.8. The van der Waals surface area contributed by atoms with Crippen molar-refractivity contribution in [2.24, 2.45) is 0 Å². The van der Waals surface area contributed by atoms with Gasteiger partial charge in [-0.25, -0.2) is 9.97 Å². The van der Waals surface area contributed by atoms with Crippen LogP contribution in [0.25, 0.3) is 0 Å². The molecule has 0 saturated carbocycles. The molecule has 0 saturated heterocycles. The van der Waals surface area contributed by atoms with E-state index in [4.69, 9.17) is 5.73 Å². The molecule has 1 heterocycles. The van der Waals surface area contributed by atoms with Crippen LogP contribution in [0.3, 0.4) is 0 Å². The predicted molar refractivity (Wildman–Crippen MR) is 74.3 cm³/mol. The zero-order chi connectivity index (χ0) is 12.7. The highest BCUT2D eigenvalue weighted by atomic mass is 32.2. The van der Waals surface area contributed by atoms with Gasteiger partial charge in [-0.3, -0.25) is 0 Å². The fraction of sp³-hybridized carbons (Fsp3) is 0.667. The number of nitrogens with zero attached hydrogens (tertiary/aromatic N) is 3. The molecule has 2 N–H and O–H groups in total. The van der Waals surface area contributed by atoms with Crippen molar-refractivity contribution in [3.05, 3.63) is 11.9 Å². The molecule has 4 nitrogen and oxygen atoms in total. The molecule has 1 aromatic heterocycles. The van der Waals surface area contributed by atoms with E-state index in [9.17, 15) is 0 Å². The minimum absolute atomic E-state index is 0.618. The topological polar surface area (TPSA) is 55.0 Å². The first-order valence-corrected chi connectivity index (χ1v) is 7.15. The van der Waals surface area contributed by atoms with Gasteiger partial charge < -0.3 is 10.6 Å². The summed E-state index contributed by atoms with van der Waals surface area (Å²) in [6.45, 7) is 9.75. The molecule has 0 amide bonds. The highest BCUT2D eigenvalue weighted by Gasteiger charge is 2.08. The van der Waals surface area contributed by atoms with E-state index in [-0.39, 0.29) is 0 Å². The van der Waals surface area contributed by atoms with Crippen LogP contribution in [0.5, 0.6) is 0 Å². The Morgan fingerprint density at radius 2 is 1.94 bits per heavy atom. The van der Waals surface area contributed by atoms with Crippen molar-refractivity contribution in [3.8, 4) is 0 Å². The van der Waals surface area contributed by atoms with Crippen LogP contribution >= 0.6 is 11.8 Å². The Hall–Kier alpha value is -0.810. The normalized spacial score (nSPS) is 11.1. The first-order chi connectivity index (χ1) is 8.22. The average Bonchev–Trinajstić information content (AvgIpc) is 2.35. The molecule has 0 aromatic carbocycles. The molecule has 0 bridgehead atoms. The number of anilines is 1. The molecule has 0 radical (unpaired) electrons. The van der Waals surface area contributed by atoms with Gasteiger partial charge in [-0.1, -0.05) is 20.8 Å². The Kier molecular flexibility index (Phi) is 6.29. The van der Waals surface area contributed by atoms with Crippen LogP contribution in [0.1, 0.15) is 26.3 Å². The Morgan fingerprint density at radius 1 is 1.24 bits per heavy atom. The van der Waals surface area contributed by atoms with E-state index in [1.807, 2.05) is 0 Å². The highest BCUT2D eigenvalue weighted by molar-refractivity contribution is 7.99. The first-order valence-electron chi connectivity index (χ1n) is 6.17. The summed E-state index contributed by atoms with van der Waals surface area (Å²) in [5.74, 6) is 1.67. The molecular formula is C12H22N4S. The molecule has 0 fully saturated rings. The minimum atomic E-state index is 0.618. The molecule has 1 rings (SSSR count). The molecule has 0 spiro atoms. The maximum atomic E-state index is 5.84. The molecule has 0 aliphatic carbocycles. The van der Waals surface area contributed by atoms with Gasteiger partial charge in [0.15, 0.2) is 0 Å². The van der Waals surface area contributed by atoms with Gasteiger partial charge >= 0.3 is 0 Å². The number of nitrogen functional groups attached to an aromatic ring is 1. The molecule has 1 aromatic rings. The second-order valence-corrected chi connectivity index (χ2v) is 4.86. The molecule has 0 atom stereocenters. The van der Waals surface area contributed by atoms with Crippen LogP contribution in [-0.4, -0.2) is 40.3 Å². The fourth-order valence-electron chi connectivity index (χ4n) is 1.68.